The third kappa shape index (κ3) is 1.86. The molecule has 0 spiro atoms. The molecule has 0 saturated heterocycles. The van der Waals surface area contributed by atoms with E-state index >= 15 is 0 Å². The predicted octanol–water partition coefficient (Wildman–Crippen LogP) is 1.75. The van der Waals surface area contributed by atoms with Gasteiger partial charge in [0, 0.05) is 11.4 Å². The summed E-state index contributed by atoms with van der Waals surface area (Å²) in [5.41, 5.74) is 5.05. The quantitative estimate of drug-likeness (QED) is 0.572. The predicted molar refractivity (Wildman–Crippen MR) is 83.8 cm³/mol. The van der Waals surface area contributed by atoms with Crippen LogP contribution in [0.3, 0.4) is 0 Å². The van der Waals surface area contributed by atoms with Crippen molar-refractivity contribution in [3.05, 3.63) is 60.7 Å². The van der Waals surface area contributed by atoms with Crippen LogP contribution in [0.4, 0.5) is 11.4 Å². The fourth-order valence-electron chi connectivity index (χ4n) is 3.00. The van der Waals surface area contributed by atoms with Crippen LogP contribution < -0.4 is 15.8 Å². The second-order valence-corrected chi connectivity index (χ2v) is 5.16. The topological polar surface area (TPSA) is 12.5 Å². The molecule has 0 amide bonds. The van der Waals surface area contributed by atoms with Gasteiger partial charge in [0.2, 0.25) is 0 Å². The van der Waals surface area contributed by atoms with Crippen molar-refractivity contribution in [3.8, 4) is 0 Å². The highest BCUT2D eigenvalue weighted by atomic mass is 16.5. The zero-order chi connectivity index (χ0) is 13.4. The third-order valence-electron chi connectivity index (χ3n) is 3.90. The van der Waals surface area contributed by atoms with Crippen LogP contribution in [0, 0.1) is 0 Å². The summed E-state index contributed by atoms with van der Waals surface area (Å²) < 4.78 is 5.63. The molecule has 1 unspecified atom stereocenters. The van der Waals surface area contributed by atoms with Crippen molar-refractivity contribution in [2.75, 3.05) is 18.1 Å². The van der Waals surface area contributed by atoms with Gasteiger partial charge in [0.1, 0.15) is 0 Å². The van der Waals surface area contributed by atoms with Gasteiger partial charge in [0.05, 0.1) is 19.3 Å². The van der Waals surface area contributed by atoms with E-state index in [-0.39, 0.29) is 6.04 Å². The number of hydrogen-bond donors (Lipinski definition) is 0. The van der Waals surface area contributed by atoms with Gasteiger partial charge in [-0.25, -0.2) is 0 Å². The van der Waals surface area contributed by atoms with Gasteiger partial charge in [-0.05, 0) is 12.1 Å². The Hall–Kier alpha value is -2.00. The Labute approximate surface area is 119 Å². The Morgan fingerprint density at radius 1 is 0.950 bits per heavy atom. The van der Waals surface area contributed by atoms with Gasteiger partial charge in [-0.2, -0.15) is 0 Å². The fraction of sp³-hybridized carbons (Fsp3) is 0.176. The van der Waals surface area contributed by atoms with Crippen molar-refractivity contribution in [3.63, 3.8) is 0 Å². The van der Waals surface area contributed by atoms with E-state index < -0.39 is 0 Å². The zero-order valence-corrected chi connectivity index (χ0v) is 11.2. The van der Waals surface area contributed by atoms with E-state index in [9.17, 15) is 0 Å². The molecule has 2 nitrogen and oxygen atoms in total. The van der Waals surface area contributed by atoms with E-state index in [0.717, 1.165) is 13.2 Å². The number of ether oxygens (including phenoxy) is 1. The van der Waals surface area contributed by atoms with Crippen molar-refractivity contribution >= 4 is 29.6 Å². The van der Waals surface area contributed by atoms with Crippen LogP contribution >= 0.6 is 0 Å². The van der Waals surface area contributed by atoms with Crippen LogP contribution in [0.1, 0.15) is 0 Å². The molecule has 2 aromatic carbocycles. The highest BCUT2D eigenvalue weighted by molar-refractivity contribution is 6.71. The third-order valence-corrected chi connectivity index (χ3v) is 3.90. The summed E-state index contributed by atoms with van der Waals surface area (Å²) in [6.45, 7) is 1.46. The molecule has 0 aliphatic carbocycles. The second kappa shape index (κ2) is 4.84. The van der Waals surface area contributed by atoms with Crippen LogP contribution in [0.5, 0.6) is 0 Å². The van der Waals surface area contributed by atoms with E-state index in [4.69, 9.17) is 4.74 Å². The number of hydrogen-bond acceptors (Lipinski definition) is 2. The summed E-state index contributed by atoms with van der Waals surface area (Å²) in [5.74, 6) is 0. The van der Waals surface area contributed by atoms with Crippen molar-refractivity contribution in [2.45, 2.75) is 6.04 Å². The lowest BCUT2D eigenvalue weighted by molar-refractivity contribution is 0.147. The zero-order valence-electron chi connectivity index (χ0n) is 11.2. The Morgan fingerprint density at radius 2 is 1.60 bits per heavy atom. The summed E-state index contributed by atoms with van der Waals surface area (Å²) >= 11 is 0. The number of fused-ring (bicyclic) bond motifs is 2. The highest BCUT2D eigenvalue weighted by Gasteiger charge is 2.28. The highest BCUT2D eigenvalue weighted by Crippen LogP contribution is 2.29. The molecule has 2 heterocycles. The number of rotatable bonds is 1. The first-order valence-electron chi connectivity index (χ1n) is 7.00. The minimum atomic E-state index is 0.264. The van der Waals surface area contributed by atoms with Gasteiger partial charge in [-0.15, -0.1) is 0 Å². The second-order valence-electron chi connectivity index (χ2n) is 5.16. The van der Waals surface area contributed by atoms with Gasteiger partial charge >= 0.3 is 0 Å². The summed E-state index contributed by atoms with van der Waals surface area (Å²) in [6.07, 6.45) is 4.36. The van der Waals surface area contributed by atoms with Gasteiger partial charge in [0.25, 0.3) is 0 Å². The molecule has 97 valence electrons. The molecule has 20 heavy (non-hydrogen) atoms. The molecule has 2 aliphatic heterocycles. The minimum absolute atomic E-state index is 0.264. The molecule has 3 heteroatoms. The van der Waals surface area contributed by atoms with Crippen LogP contribution in [0.25, 0.3) is 0 Å². The first-order chi connectivity index (χ1) is 9.93. The molecule has 0 bridgehead atoms. The van der Waals surface area contributed by atoms with Gasteiger partial charge < -0.3 is 9.64 Å². The minimum Gasteiger partial charge on any atom is -0.375 e. The summed E-state index contributed by atoms with van der Waals surface area (Å²) in [4.78, 5) is 2.39. The van der Waals surface area contributed by atoms with E-state index in [0.29, 0.717) is 0 Å². The van der Waals surface area contributed by atoms with Crippen LogP contribution in [0.2, 0.25) is 0 Å². The molecule has 1 radical (unpaired) electrons. The monoisotopic (exact) mass is 260 g/mol. The Morgan fingerprint density at radius 3 is 2.20 bits per heavy atom. The van der Waals surface area contributed by atoms with E-state index in [2.05, 4.69) is 72.9 Å². The average Bonchev–Trinajstić information content (AvgIpc) is 2.53. The normalized spacial score (nSPS) is 20.0. The first kappa shape index (κ1) is 11.8. The van der Waals surface area contributed by atoms with Gasteiger partial charge in [-0.3, -0.25) is 0 Å². The van der Waals surface area contributed by atoms with Crippen molar-refractivity contribution in [1.82, 2.24) is 0 Å². The summed E-state index contributed by atoms with van der Waals surface area (Å²) in [7, 11) is 2.26. The fourth-order valence-corrected chi connectivity index (χ4v) is 3.00. The van der Waals surface area contributed by atoms with Crippen molar-refractivity contribution < 1.29 is 4.74 Å². The molecule has 0 N–H and O–H groups in total. The van der Waals surface area contributed by atoms with E-state index in [1.165, 1.54) is 22.3 Å². The number of para-hydroxylation sites is 2. The van der Waals surface area contributed by atoms with Crippen LogP contribution in [-0.4, -0.2) is 26.5 Å². The largest absolute Gasteiger partial charge is 0.375 e. The van der Waals surface area contributed by atoms with Crippen molar-refractivity contribution in [2.24, 2.45) is 0 Å². The Bertz CT molecular complexity index is 622. The lowest BCUT2D eigenvalue weighted by Crippen LogP contribution is -2.47. The molecule has 0 aromatic heterocycles. The Balaban J connectivity index is 1.87. The van der Waals surface area contributed by atoms with Gasteiger partial charge in [0.15, 0.2) is 7.28 Å². The number of anilines is 2. The molecular weight excluding hydrogens is 245 g/mol. The van der Waals surface area contributed by atoms with Gasteiger partial charge in [-0.1, -0.05) is 59.5 Å². The maximum absolute atomic E-state index is 5.63. The number of benzene rings is 2. The summed E-state index contributed by atoms with van der Waals surface area (Å²) in [5, 5.41) is 0. The molecule has 2 aromatic rings. The molecule has 2 aliphatic rings. The van der Waals surface area contributed by atoms with Crippen LogP contribution in [0.15, 0.2) is 60.7 Å². The maximum atomic E-state index is 5.63. The molecule has 0 fully saturated rings. The molecule has 1 atom stereocenters. The first-order valence-corrected chi connectivity index (χ1v) is 7.00. The standard InChI is InChI=1S/C17H15BNO/c1-3-9-16-14(7-1)18-15-8-2-4-10-17(15)19(16)13-6-5-11-20-12-13/h1-10,13H,11-12H2. The lowest BCUT2D eigenvalue weighted by atomic mass is 9.60. The lowest BCUT2D eigenvalue weighted by Gasteiger charge is -2.38. The SMILES string of the molecule is [B]1c2ccccc2N(C2C=CCOC2)c2ccccc21. The molecule has 0 saturated carbocycles. The van der Waals surface area contributed by atoms with Crippen LogP contribution in [-0.2, 0) is 4.74 Å². The molecular formula is C17H15BNO. The van der Waals surface area contributed by atoms with E-state index in [1.807, 2.05) is 0 Å². The number of nitrogens with zero attached hydrogens (tertiary/aromatic N) is 1. The van der Waals surface area contributed by atoms with Crippen molar-refractivity contribution in [1.29, 1.82) is 0 Å². The Kier molecular flexibility index (Phi) is 2.85. The maximum Gasteiger partial charge on any atom is 0.196 e. The average molecular weight is 260 g/mol. The molecule has 4 rings (SSSR count). The van der Waals surface area contributed by atoms with E-state index in [1.54, 1.807) is 0 Å². The summed E-state index contributed by atoms with van der Waals surface area (Å²) in [6, 6.07) is 17.4. The smallest absolute Gasteiger partial charge is 0.196 e.